The molecule has 0 saturated carbocycles. The van der Waals surface area contributed by atoms with Crippen LogP contribution in [0.15, 0.2) is 42.6 Å². The van der Waals surface area contributed by atoms with E-state index in [-0.39, 0.29) is 6.42 Å². The molecule has 0 spiro atoms. The van der Waals surface area contributed by atoms with Crippen LogP contribution in [0.3, 0.4) is 0 Å². The zero-order valence-electron chi connectivity index (χ0n) is 14.8. The monoisotopic (exact) mass is 338 g/mol. The van der Waals surface area contributed by atoms with Crippen molar-refractivity contribution in [3.8, 4) is 6.07 Å². The topological polar surface area (TPSA) is 79.1 Å². The van der Waals surface area contributed by atoms with Gasteiger partial charge in [0.1, 0.15) is 11.4 Å². The predicted molar refractivity (Wildman–Crippen MR) is 95.1 cm³/mol. The molecule has 1 amide bonds. The molecule has 0 aromatic carbocycles. The molecule has 6 heteroatoms. The third-order valence-electron chi connectivity index (χ3n) is 3.26. The number of rotatable bonds is 5. The normalized spacial score (nSPS) is 10.8. The molecule has 2 heterocycles. The first-order chi connectivity index (χ1) is 11.9. The van der Waals surface area contributed by atoms with Gasteiger partial charge in [0.05, 0.1) is 18.2 Å². The number of nitriles is 1. The van der Waals surface area contributed by atoms with Gasteiger partial charge in [0.2, 0.25) is 0 Å². The molecule has 0 fully saturated rings. The fraction of sp³-hybridized carbons (Fsp3) is 0.368. The molecule has 0 atom stereocenters. The molecule has 0 saturated heterocycles. The Kier molecular flexibility index (Phi) is 6.07. The smallest absolute Gasteiger partial charge is 0.416 e. The van der Waals surface area contributed by atoms with Gasteiger partial charge in [0.15, 0.2) is 0 Å². The number of carbonyl (C=O) groups is 1. The quantitative estimate of drug-likeness (QED) is 0.833. The highest BCUT2D eigenvalue weighted by molar-refractivity contribution is 5.86. The Bertz CT molecular complexity index is 748. The van der Waals surface area contributed by atoms with Gasteiger partial charge in [-0.3, -0.25) is 9.88 Å². The van der Waals surface area contributed by atoms with Crippen molar-refractivity contribution in [3.05, 3.63) is 54.0 Å². The van der Waals surface area contributed by atoms with Gasteiger partial charge in [-0.15, -0.1) is 0 Å². The second-order valence-corrected chi connectivity index (χ2v) is 6.53. The average Bonchev–Trinajstić information content (AvgIpc) is 2.55. The van der Waals surface area contributed by atoms with E-state index in [1.807, 2.05) is 39.0 Å². The van der Waals surface area contributed by atoms with Crippen LogP contribution in [-0.2, 0) is 17.6 Å². The highest BCUT2D eigenvalue weighted by atomic mass is 16.6. The zero-order valence-corrected chi connectivity index (χ0v) is 14.8. The van der Waals surface area contributed by atoms with Crippen molar-refractivity contribution >= 4 is 11.9 Å². The predicted octanol–water partition coefficient (Wildman–Crippen LogP) is 3.53. The number of aromatic nitrogens is 2. The first-order valence-corrected chi connectivity index (χ1v) is 8.12. The number of amides is 1. The van der Waals surface area contributed by atoms with E-state index in [2.05, 4.69) is 16.0 Å². The number of pyridine rings is 2. The zero-order chi connectivity index (χ0) is 18.3. The first kappa shape index (κ1) is 18.4. The van der Waals surface area contributed by atoms with E-state index in [1.165, 1.54) is 4.90 Å². The van der Waals surface area contributed by atoms with Crippen LogP contribution in [0.25, 0.3) is 0 Å². The first-order valence-electron chi connectivity index (χ1n) is 8.12. The van der Waals surface area contributed by atoms with Gasteiger partial charge in [0.25, 0.3) is 0 Å². The van der Waals surface area contributed by atoms with Crippen LogP contribution >= 0.6 is 0 Å². The molecular weight excluding hydrogens is 316 g/mol. The van der Waals surface area contributed by atoms with E-state index in [4.69, 9.17) is 10.00 Å². The lowest BCUT2D eigenvalue weighted by Gasteiger charge is -2.27. The summed E-state index contributed by atoms with van der Waals surface area (Å²) in [4.78, 5) is 22.8. The standard InChI is InChI=1S/C19H22N4O2/c1-19(2,3)25-18(24)23(14-11-15-7-4-5-13-21-15)17-9-6-8-16(22-17)10-12-20/h4-9,13H,10-11,14H2,1-3H3. The van der Waals surface area contributed by atoms with Gasteiger partial charge in [-0.1, -0.05) is 12.1 Å². The van der Waals surface area contributed by atoms with Crippen LogP contribution < -0.4 is 4.90 Å². The van der Waals surface area contributed by atoms with Crippen molar-refractivity contribution in [2.45, 2.75) is 39.2 Å². The van der Waals surface area contributed by atoms with E-state index < -0.39 is 11.7 Å². The fourth-order valence-corrected chi connectivity index (χ4v) is 2.19. The molecule has 130 valence electrons. The second-order valence-electron chi connectivity index (χ2n) is 6.53. The summed E-state index contributed by atoms with van der Waals surface area (Å²) in [6.07, 6.45) is 2.02. The van der Waals surface area contributed by atoms with Crippen LogP contribution in [-0.4, -0.2) is 28.2 Å². The van der Waals surface area contributed by atoms with Crippen molar-refractivity contribution in [2.24, 2.45) is 0 Å². The summed E-state index contributed by atoms with van der Waals surface area (Å²) in [6.45, 7) is 5.85. The lowest BCUT2D eigenvalue weighted by atomic mass is 10.2. The number of ether oxygens (including phenoxy) is 1. The Balaban J connectivity index is 2.23. The molecule has 2 aromatic rings. The van der Waals surface area contributed by atoms with Crippen LogP contribution in [0.5, 0.6) is 0 Å². The molecule has 25 heavy (non-hydrogen) atoms. The summed E-state index contributed by atoms with van der Waals surface area (Å²) >= 11 is 0. The molecule has 0 bridgehead atoms. The average molecular weight is 338 g/mol. The van der Waals surface area contributed by atoms with Crippen LogP contribution in [0, 0.1) is 11.3 Å². The lowest BCUT2D eigenvalue weighted by molar-refractivity contribution is 0.0579. The minimum Gasteiger partial charge on any atom is -0.443 e. The molecule has 0 N–H and O–H groups in total. The van der Waals surface area contributed by atoms with E-state index in [0.717, 1.165) is 5.69 Å². The van der Waals surface area contributed by atoms with E-state index in [1.54, 1.807) is 24.4 Å². The summed E-state index contributed by atoms with van der Waals surface area (Å²) in [7, 11) is 0. The largest absolute Gasteiger partial charge is 0.443 e. The van der Waals surface area contributed by atoms with E-state index in [0.29, 0.717) is 24.5 Å². The fourth-order valence-electron chi connectivity index (χ4n) is 2.19. The molecule has 0 unspecified atom stereocenters. The lowest BCUT2D eigenvalue weighted by Crippen LogP contribution is -2.38. The van der Waals surface area contributed by atoms with E-state index >= 15 is 0 Å². The highest BCUT2D eigenvalue weighted by Gasteiger charge is 2.24. The van der Waals surface area contributed by atoms with Gasteiger partial charge >= 0.3 is 6.09 Å². The van der Waals surface area contributed by atoms with Crippen LogP contribution in [0.4, 0.5) is 10.6 Å². The number of anilines is 1. The Morgan fingerprint density at radius 1 is 1.20 bits per heavy atom. The SMILES string of the molecule is CC(C)(C)OC(=O)N(CCc1ccccn1)c1cccc(CC#N)n1. The van der Waals surface area contributed by atoms with Crippen LogP contribution in [0.2, 0.25) is 0 Å². The van der Waals surface area contributed by atoms with Gasteiger partial charge in [-0.05, 0) is 45.0 Å². The number of hydrogen-bond acceptors (Lipinski definition) is 5. The summed E-state index contributed by atoms with van der Waals surface area (Å²) in [5.41, 5.74) is 0.889. The molecule has 0 radical (unpaired) electrons. The molecule has 0 aliphatic rings. The Morgan fingerprint density at radius 3 is 2.60 bits per heavy atom. The number of nitrogens with zero attached hydrogens (tertiary/aromatic N) is 4. The van der Waals surface area contributed by atoms with Crippen molar-refractivity contribution in [1.29, 1.82) is 5.26 Å². The van der Waals surface area contributed by atoms with Gasteiger partial charge in [-0.25, -0.2) is 9.78 Å². The third kappa shape index (κ3) is 5.88. The molecular formula is C19H22N4O2. The van der Waals surface area contributed by atoms with Gasteiger partial charge < -0.3 is 4.74 Å². The van der Waals surface area contributed by atoms with Crippen molar-refractivity contribution in [3.63, 3.8) is 0 Å². The van der Waals surface area contributed by atoms with Gasteiger partial charge in [-0.2, -0.15) is 5.26 Å². The molecule has 2 rings (SSSR count). The maximum Gasteiger partial charge on any atom is 0.416 e. The number of hydrogen-bond donors (Lipinski definition) is 0. The minimum atomic E-state index is -0.607. The Labute approximate surface area is 148 Å². The highest BCUT2D eigenvalue weighted by Crippen LogP contribution is 2.17. The van der Waals surface area contributed by atoms with Crippen molar-refractivity contribution < 1.29 is 9.53 Å². The minimum absolute atomic E-state index is 0.191. The molecule has 6 nitrogen and oxygen atoms in total. The maximum absolute atomic E-state index is 12.6. The Hall–Kier alpha value is -2.94. The summed E-state index contributed by atoms with van der Waals surface area (Å²) in [5, 5.41) is 8.86. The number of carbonyl (C=O) groups excluding carboxylic acids is 1. The van der Waals surface area contributed by atoms with Crippen LogP contribution in [0.1, 0.15) is 32.2 Å². The van der Waals surface area contributed by atoms with Gasteiger partial charge in [0, 0.05) is 24.9 Å². The van der Waals surface area contributed by atoms with E-state index in [9.17, 15) is 4.79 Å². The third-order valence-corrected chi connectivity index (χ3v) is 3.26. The maximum atomic E-state index is 12.6. The molecule has 0 aliphatic heterocycles. The summed E-state index contributed by atoms with van der Waals surface area (Å²) < 4.78 is 5.50. The van der Waals surface area contributed by atoms with Crippen molar-refractivity contribution in [2.75, 3.05) is 11.4 Å². The summed E-state index contributed by atoms with van der Waals surface area (Å²) in [5.74, 6) is 0.470. The second kappa shape index (κ2) is 8.25. The Morgan fingerprint density at radius 2 is 1.96 bits per heavy atom. The van der Waals surface area contributed by atoms with Crippen molar-refractivity contribution in [1.82, 2.24) is 9.97 Å². The molecule has 0 aliphatic carbocycles. The summed E-state index contributed by atoms with van der Waals surface area (Å²) in [6, 6.07) is 13.0. The molecule has 2 aromatic heterocycles.